The van der Waals surface area contributed by atoms with Gasteiger partial charge >= 0.3 is 0 Å². The van der Waals surface area contributed by atoms with Gasteiger partial charge in [-0.2, -0.15) is 0 Å². The highest BCUT2D eigenvalue weighted by Crippen LogP contribution is 2.19. The molecule has 2 nitrogen and oxygen atoms in total. The molecule has 0 unspecified atom stereocenters. The summed E-state index contributed by atoms with van der Waals surface area (Å²) in [6.07, 6.45) is 8.10. The second kappa shape index (κ2) is 4.12. The van der Waals surface area contributed by atoms with E-state index in [9.17, 15) is 0 Å². The molecule has 1 rings (SSSR count). The first-order valence-electron chi connectivity index (χ1n) is 4.27. The van der Waals surface area contributed by atoms with Gasteiger partial charge in [-0.05, 0) is 25.3 Å². The molecule has 66 valence electrons. The second-order valence-electron chi connectivity index (χ2n) is 3.00. The Morgan fingerprint density at radius 1 is 1.58 bits per heavy atom. The second-order valence-corrected chi connectivity index (χ2v) is 3.00. The van der Waals surface area contributed by atoms with Crippen molar-refractivity contribution < 1.29 is 0 Å². The van der Waals surface area contributed by atoms with Crippen LogP contribution in [0.3, 0.4) is 0 Å². The van der Waals surface area contributed by atoms with E-state index in [1.807, 2.05) is 11.1 Å². The number of hydrogen-bond acceptors (Lipinski definition) is 2. The van der Waals surface area contributed by atoms with Gasteiger partial charge in [0.05, 0.1) is 0 Å². The van der Waals surface area contributed by atoms with Crippen LogP contribution in [0, 0.1) is 0 Å². The van der Waals surface area contributed by atoms with E-state index in [-0.39, 0.29) is 0 Å². The monoisotopic (exact) mass is 164 g/mol. The average molecular weight is 164 g/mol. The Bertz CT molecular complexity index is 226. The summed E-state index contributed by atoms with van der Waals surface area (Å²) in [6, 6.07) is 0. The Morgan fingerprint density at radius 3 is 3.00 bits per heavy atom. The molecule has 12 heavy (non-hydrogen) atoms. The van der Waals surface area contributed by atoms with Crippen molar-refractivity contribution in [1.82, 2.24) is 5.01 Å². The molecule has 0 radical (unpaired) electrons. The highest BCUT2D eigenvalue weighted by Gasteiger charge is 2.10. The summed E-state index contributed by atoms with van der Waals surface area (Å²) in [5.41, 5.74) is 2.50. The molecule has 2 heteroatoms. The van der Waals surface area contributed by atoms with Crippen molar-refractivity contribution in [3.63, 3.8) is 0 Å². The third-order valence-corrected chi connectivity index (χ3v) is 2.17. The van der Waals surface area contributed by atoms with Gasteiger partial charge in [-0.25, -0.2) is 5.84 Å². The molecule has 0 aromatic rings. The summed E-state index contributed by atoms with van der Waals surface area (Å²) < 4.78 is 0. The zero-order valence-corrected chi connectivity index (χ0v) is 7.59. The summed E-state index contributed by atoms with van der Waals surface area (Å²) in [4.78, 5) is 0. The molecule has 0 aromatic heterocycles. The van der Waals surface area contributed by atoms with E-state index in [1.54, 1.807) is 6.08 Å². The number of nitrogens with two attached hydrogens (primary N) is 1. The van der Waals surface area contributed by atoms with Crippen LogP contribution in [0.1, 0.15) is 19.8 Å². The maximum Gasteiger partial charge on any atom is 0.0341 e. The summed E-state index contributed by atoms with van der Waals surface area (Å²) in [6.45, 7) is 6.66. The predicted octanol–water partition coefficient (Wildman–Crippen LogP) is 1.97. The highest BCUT2D eigenvalue weighted by atomic mass is 15.4. The van der Waals surface area contributed by atoms with E-state index < -0.39 is 0 Å². The first kappa shape index (κ1) is 9.07. The fourth-order valence-corrected chi connectivity index (χ4v) is 1.36. The molecule has 0 fully saturated rings. The topological polar surface area (TPSA) is 29.3 Å². The van der Waals surface area contributed by atoms with Crippen LogP contribution in [0.5, 0.6) is 0 Å². The Morgan fingerprint density at radius 2 is 2.33 bits per heavy atom. The molecule has 1 heterocycles. The average Bonchev–Trinajstić information content (AvgIpc) is 2.08. The SMILES string of the molecule is C=C/C=C\C1=C(C)N(N)CCC1. The minimum atomic E-state index is 0.970. The fraction of sp³-hybridized carbons (Fsp3) is 0.400. The molecule has 0 bridgehead atoms. The van der Waals surface area contributed by atoms with Gasteiger partial charge in [-0.15, -0.1) is 0 Å². The van der Waals surface area contributed by atoms with Crippen molar-refractivity contribution in [2.24, 2.45) is 5.84 Å². The van der Waals surface area contributed by atoms with Gasteiger partial charge in [0, 0.05) is 12.2 Å². The molecule has 0 saturated carbocycles. The normalized spacial score (nSPS) is 19.0. The van der Waals surface area contributed by atoms with Crippen LogP contribution < -0.4 is 5.84 Å². The minimum absolute atomic E-state index is 0.970. The number of rotatable bonds is 2. The minimum Gasteiger partial charge on any atom is -0.315 e. The molecule has 0 spiro atoms. The molecule has 0 saturated heterocycles. The Kier molecular flexibility index (Phi) is 3.11. The van der Waals surface area contributed by atoms with E-state index in [2.05, 4.69) is 19.6 Å². The lowest BCUT2D eigenvalue weighted by Crippen LogP contribution is -2.33. The summed E-state index contributed by atoms with van der Waals surface area (Å²) in [7, 11) is 0. The fourth-order valence-electron chi connectivity index (χ4n) is 1.36. The zero-order valence-electron chi connectivity index (χ0n) is 7.59. The lowest BCUT2D eigenvalue weighted by Gasteiger charge is -2.26. The van der Waals surface area contributed by atoms with E-state index in [4.69, 9.17) is 5.84 Å². The quantitative estimate of drug-likeness (QED) is 0.499. The van der Waals surface area contributed by atoms with Gasteiger partial charge in [0.15, 0.2) is 0 Å². The van der Waals surface area contributed by atoms with Gasteiger partial charge in [-0.3, -0.25) is 0 Å². The molecular weight excluding hydrogens is 148 g/mol. The predicted molar refractivity (Wildman–Crippen MR) is 52.2 cm³/mol. The van der Waals surface area contributed by atoms with E-state index in [1.165, 1.54) is 11.3 Å². The van der Waals surface area contributed by atoms with Gasteiger partial charge in [0.1, 0.15) is 0 Å². The molecular formula is C10H16N2. The highest BCUT2D eigenvalue weighted by molar-refractivity contribution is 5.27. The molecule has 1 aliphatic heterocycles. The molecule has 0 amide bonds. The van der Waals surface area contributed by atoms with Gasteiger partial charge in [-0.1, -0.05) is 24.8 Å². The van der Waals surface area contributed by atoms with Crippen molar-refractivity contribution in [2.75, 3.05) is 6.54 Å². The maximum atomic E-state index is 5.76. The van der Waals surface area contributed by atoms with Crippen molar-refractivity contribution in [3.8, 4) is 0 Å². The summed E-state index contributed by atoms with van der Waals surface area (Å²) in [5, 5.41) is 1.81. The standard InChI is InChI=1S/C10H16N2/c1-3-4-6-10-7-5-8-12(11)9(10)2/h3-4,6H,1,5,7-8,11H2,2H3/b6-4-. The van der Waals surface area contributed by atoms with E-state index in [0.717, 1.165) is 19.4 Å². The molecule has 2 N–H and O–H groups in total. The van der Waals surface area contributed by atoms with Crippen molar-refractivity contribution >= 4 is 0 Å². The Balaban J connectivity index is 2.77. The summed E-state index contributed by atoms with van der Waals surface area (Å²) >= 11 is 0. The van der Waals surface area contributed by atoms with Crippen LogP contribution in [0.15, 0.2) is 36.1 Å². The van der Waals surface area contributed by atoms with Crippen molar-refractivity contribution in [2.45, 2.75) is 19.8 Å². The van der Waals surface area contributed by atoms with Gasteiger partial charge in [0.25, 0.3) is 0 Å². The Labute approximate surface area is 74.0 Å². The largest absolute Gasteiger partial charge is 0.315 e. The smallest absolute Gasteiger partial charge is 0.0341 e. The van der Waals surface area contributed by atoms with Crippen LogP contribution in [0.4, 0.5) is 0 Å². The molecule has 0 aromatic carbocycles. The van der Waals surface area contributed by atoms with Crippen molar-refractivity contribution in [1.29, 1.82) is 0 Å². The molecule has 0 atom stereocenters. The number of hydrogen-bond donors (Lipinski definition) is 1. The van der Waals surface area contributed by atoms with Gasteiger partial charge < -0.3 is 5.01 Å². The van der Waals surface area contributed by atoms with E-state index >= 15 is 0 Å². The van der Waals surface area contributed by atoms with Gasteiger partial charge in [0.2, 0.25) is 0 Å². The lowest BCUT2D eigenvalue weighted by molar-refractivity contribution is 0.331. The van der Waals surface area contributed by atoms with Crippen LogP contribution in [-0.2, 0) is 0 Å². The zero-order chi connectivity index (χ0) is 8.97. The van der Waals surface area contributed by atoms with Crippen LogP contribution >= 0.6 is 0 Å². The molecule has 1 aliphatic rings. The van der Waals surface area contributed by atoms with Crippen LogP contribution in [0.2, 0.25) is 0 Å². The third-order valence-electron chi connectivity index (χ3n) is 2.17. The van der Waals surface area contributed by atoms with Crippen LogP contribution in [-0.4, -0.2) is 11.6 Å². The lowest BCUT2D eigenvalue weighted by atomic mass is 10.0. The number of nitrogens with zero attached hydrogens (tertiary/aromatic N) is 1. The number of hydrazine groups is 1. The van der Waals surface area contributed by atoms with Crippen LogP contribution in [0.25, 0.3) is 0 Å². The van der Waals surface area contributed by atoms with E-state index in [0.29, 0.717) is 0 Å². The Hall–Kier alpha value is -1.02. The first-order chi connectivity index (χ1) is 5.75. The van der Waals surface area contributed by atoms with Crippen molar-refractivity contribution in [3.05, 3.63) is 36.1 Å². The first-order valence-corrected chi connectivity index (χ1v) is 4.27. The maximum absolute atomic E-state index is 5.76. The summed E-state index contributed by atoms with van der Waals surface area (Å²) in [5.74, 6) is 5.76. The number of allylic oxidation sites excluding steroid dienone is 5. The third kappa shape index (κ3) is 1.98. The molecule has 0 aliphatic carbocycles.